The number of hydrogen-bond donors (Lipinski definition) is 1. The molecule has 9 heteroatoms. The van der Waals surface area contributed by atoms with Crippen molar-refractivity contribution in [2.24, 2.45) is 7.05 Å². The third kappa shape index (κ3) is 3.55. The van der Waals surface area contributed by atoms with Gasteiger partial charge in [-0.3, -0.25) is 9.13 Å². The molecule has 5 rings (SSSR count). The van der Waals surface area contributed by atoms with Crippen LogP contribution < -0.4 is 11.0 Å². The van der Waals surface area contributed by atoms with E-state index in [0.717, 1.165) is 53.2 Å². The van der Waals surface area contributed by atoms with Crippen LogP contribution in [-0.4, -0.2) is 19.3 Å². The molecule has 0 aliphatic heterocycles. The number of benzene rings is 2. The Hall–Kier alpha value is -3.36. The minimum Gasteiger partial charge on any atom is -0.362 e. The van der Waals surface area contributed by atoms with Crippen LogP contribution in [0.5, 0.6) is 0 Å². The second-order valence-electron chi connectivity index (χ2n) is 8.81. The third-order valence-corrected chi connectivity index (χ3v) is 6.68. The lowest BCUT2D eigenvalue weighted by Crippen LogP contribution is -2.29. The molecule has 0 radical (unpaired) electrons. The van der Waals surface area contributed by atoms with Crippen molar-refractivity contribution in [3.05, 3.63) is 63.7 Å². The molecule has 1 aliphatic rings. The van der Waals surface area contributed by atoms with E-state index in [9.17, 15) is 18.0 Å². The number of anilines is 1. The summed E-state index contributed by atoms with van der Waals surface area (Å²) >= 11 is 0. The highest BCUT2D eigenvalue weighted by molar-refractivity contribution is 6.01. The van der Waals surface area contributed by atoms with Crippen molar-refractivity contribution in [3.63, 3.8) is 0 Å². The molecule has 1 aliphatic carbocycles. The Morgan fingerprint density at radius 1 is 1.09 bits per heavy atom. The van der Waals surface area contributed by atoms with Crippen LogP contribution >= 0.6 is 0 Å². The van der Waals surface area contributed by atoms with E-state index in [2.05, 4.69) is 15.5 Å². The van der Waals surface area contributed by atoms with Crippen molar-refractivity contribution in [1.29, 1.82) is 0 Å². The maximum atomic E-state index is 13.2. The van der Waals surface area contributed by atoms with E-state index in [-0.39, 0.29) is 11.7 Å². The fourth-order valence-corrected chi connectivity index (χ4v) is 4.51. The number of hydrogen-bond acceptors (Lipinski definition) is 4. The molecule has 2 aromatic heterocycles. The van der Waals surface area contributed by atoms with Gasteiger partial charge in [0.1, 0.15) is 0 Å². The first-order valence-electron chi connectivity index (χ1n) is 11.0. The molecule has 0 unspecified atom stereocenters. The number of aryl methyl sites for hydroxylation is 2. The van der Waals surface area contributed by atoms with E-state index >= 15 is 0 Å². The second-order valence-corrected chi connectivity index (χ2v) is 8.81. The van der Waals surface area contributed by atoms with Crippen LogP contribution in [0.1, 0.15) is 55.1 Å². The van der Waals surface area contributed by atoms with Crippen molar-refractivity contribution in [2.45, 2.75) is 51.4 Å². The molecular weight excluding hydrogens is 431 g/mol. The van der Waals surface area contributed by atoms with Crippen molar-refractivity contribution < 1.29 is 13.2 Å². The first-order chi connectivity index (χ1) is 15.6. The van der Waals surface area contributed by atoms with Crippen LogP contribution in [0.4, 0.5) is 19.0 Å². The molecule has 2 aromatic carbocycles. The molecule has 172 valence electrons. The Bertz CT molecular complexity index is 1430. The molecule has 2 heterocycles. The van der Waals surface area contributed by atoms with Gasteiger partial charge in [0.05, 0.1) is 28.3 Å². The zero-order valence-electron chi connectivity index (χ0n) is 18.6. The van der Waals surface area contributed by atoms with Crippen molar-refractivity contribution >= 4 is 27.6 Å². The van der Waals surface area contributed by atoms with Crippen LogP contribution in [0.2, 0.25) is 0 Å². The highest BCUT2D eigenvalue weighted by Crippen LogP contribution is 2.36. The fourth-order valence-electron chi connectivity index (χ4n) is 4.51. The second kappa shape index (κ2) is 7.60. The summed E-state index contributed by atoms with van der Waals surface area (Å²) in [4.78, 5) is 12.9. The summed E-state index contributed by atoms with van der Waals surface area (Å²) in [7, 11) is 1.77. The molecular formula is C24H24F3N5O. The summed E-state index contributed by atoms with van der Waals surface area (Å²) in [6, 6.07) is 8.91. The van der Waals surface area contributed by atoms with Gasteiger partial charge in [-0.2, -0.15) is 18.3 Å². The summed E-state index contributed by atoms with van der Waals surface area (Å²) in [6.07, 6.45) is -1.35. The lowest BCUT2D eigenvalue weighted by atomic mass is 9.93. The van der Waals surface area contributed by atoms with Crippen molar-refractivity contribution in [2.75, 3.05) is 5.32 Å². The summed E-state index contributed by atoms with van der Waals surface area (Å²) in [6.45, 7) is 3.64. The third-order valence-electron chi connectivity index (χ3n) is 6.68. The van der Waals surface area contributed by atoms with Gasteiger partial charge in [-0.1, -0.05) is 12.1 Å². The maximum absolute atomic E-state index is 13.2. The van der Waals surface area contributed by atoms with Gasteiger partial charge >= 0.3 is 11.9 Å². The molecule has 6 nitrogen and oxygen atoms in total. The van der Waals surface area contributed by atoms with Crippen LogP contribution in [0, 0.1) is 6.92 Å². The number of rotatable bonds is 4. The van der Waals surface area contributed by atoms with Crippen molar-refractivity contribution in [1.82, 2.24) is 19.3 Å². The monoisotopic (exact) mass is 455 g/mol. The number of imidazole rings is 1. The van der Waals surface area contributed by atoms with Crippen molar-refractivity contribution in [3.8, 4) is 0 Å². The van der Waals surface area contributed by atoms with Gasteiger partial charge < -0.3 is 5.32 Å². The number of nitrogens with zero attached hydrogens (tertiary/aromatic N) is 4. The standard InChI is InChI=1S/C24H24F3N5O/c1-13(15-6-4-7-16(10-15)24(25,26)27)28-22-19-12-21-20(11-18(19)14(2)29-30-22)31(3)23(33)32(21)17-8-5-9-17/h4,6-7,10-13,17H,5,8-9H2,1-3H3,(H,28,30)/t13-/m1/s1. The maximum Gasteiger partial charge on any atom is 0.416 e. The van der Waals surface area contributed by atoms with Crippen LogP contribution in [-0.2, 0) is 13.2 Å². The van der Waals surface area contributed by atoms with E-state index in [1.165, 1.54) is 6.07 Å². The van der Waals surface area contributed by atoms with Gasteiger partial charge in [0, 0.05) is 23.9 Å². The van der Waals surface area contributed by atoms with E-state index < -0.39 is 17.8 Å². The predicted molar refractivity (Wildman–Crippen MR) is 121 cm³/mol. The normalized spacial score (nSPS) is 15.7. The molecule has 1 fully saturated rings. The molecule has 4 aromatic rings. The van der Waals surface area contributed by atoms with Crippen LogP contribution in [0.15, 0.2) is 41.2 Å². The fraction of sp³-hybridized carbons (Fsp3) is 0.375. The SMILES string of the molecule is Cc1nnc(N[C@H](C)c2cccc(C(F)(F)F)c2)c2cc3c(cc12)n(C)c(=O)n3C1CCC1. The summed E-state index contributed by atoms with van der Waals surface area (Å²) in [5, 5.41) is 13.4. The van der Waals surface area contributed by atoms with E-state index in [1.807, 2.05) is 23.6 Å². The molecule has 0 bridgehead atoms. The minimum atomic E-state index is -4.41. The number of nitrogens with one attached hydrogen (secondary N) is 1. The Morgan fingerprint density at radius 2 is 1.82 bits per heavy atom. The number of alkyl halides is 3. The van der Waals surface area contributed by atoms with Gasteiger partial charge in [0.2, 0.25) is 0 Å². The average molecular weight is 455 g/mol. The Kier molecular flexibility index (Phi) is 4.95. The van der Waals surface area contributed by atoms with Gasteiger partial charge in [-0.15, -0.1) is 5.10 Å². The lowest BCUT2D eigenvalue weighted by Gasteiger charge is -2.26. The van der Waals surface area contributed by atoms with Gasteiger partial charge in [-0.25, -0.2) is 4.79 Å². The topological polar surface area (TPSA) is 64.7 Å². The quantitative estimate of drug-likeness (QED) is 0.441. The average Bonchev–Trinajstić information content (AvgIpc) is 2.98. The van der Waals surface area contributed by atoms with E-state index in [1.54, 1.807) is 24.6 Å². The van der Waals surface area contributed by atoms with Crippen LogP contribution in [0.25, 0.3) is 21.8 Å². The summed E-state index contributed by atoms with van der Waals surface area (Å²) in [5.74, 6) is 0.471. The Morgan fingerprint density at radius 3 is 2.48 bits per heavy atom. The predicted octanol–water partition coefficient (Wildman–Crippen LogP) is 5.51. The zero-order valence-corrected chi connectivity index (χ0v) is 18.6. The summed E-state index contributed by atoms with van der Waals surface area (Å²) < 4.78 is 43.0. The first kappa shape index (κ1) is 21.5. The molecule has 1 saturated carbocycles. The Balaban J connectivity index is 1.62. The number of aromatic nitrogens is 4. The molecule has 0 saturated heterocycles. The van der Waals surface area contributed by atoms with E-state index in [0.29, 0.717) is 17.1 Å². The first-order valence-corrected chi connectivity index (χ1v) is 11.0. The molecule has 1 atom stereocenters. The molecule has 1 N–H and O–H groups in total. The number of fused-ring (bicyclic) bond motifs is 2. The molecule has 33 heavy (non-hydrogen) atoms. The molecule has 0 amide bonds. The number of halogens is 3. The zero-order chi connectivity index (χ0) is 23.5. The molecule has 0 spiro atoms. The Labute approximate surface area is 188 Å². The smallest absolute Gasteiger partial charge is 0.362 e. The largest absolute Gasteiger partial charge is 0.416 e. The van der Waals surface area contributed by atoms with Gasteiger partial charge in [-0.05, 0) is 62.9 Å². The van der Waals surface area contributed by atoms with Gasteiger partial charge in [0.25, 0.3) is 0 Å². The van der Waals surface area contributed by atoms with Gasteiger partial charge in [0.15, 0.2) is 5.82 Å². The highest BCUT2D eigenvalue weighted by Gasteiger charge is 2.31. The lowest BCUT2D eigenvalue weighted by molar-refractivity contribution is -0.137. The van der Waals surface area contributed by atoms with Crippen LogP contribution in [0.3, 0.4) is 0 Å². The highest BCUT2D eigenvalue weighted by atomic mass is 19.4. The summed E-state index contributed by atoms with van der Waals surface area (Å²) in [5.41, 5.74) is 2.13. The van der Waals surface area contributed by atoms with E-state index in [4.69, 9.17) is 0 Å². The minimum absolute atomic E-state index is 0.0459.